The fraction of sp³-hybridized carbons (Fsp3) is 0.276. The highest BCUT2D eigenvalue weighted by Crippen LogP contribution is 2.28. The number of anilines is 1. The van der Waals surface area contributed by atoms with Gasteiger partial charge in [-0.05, 0) is 48.2 Å². The van der Waals surface area contributed by atoms with Gasteiger partial charge in [0.05, 0.1) is 0 Å². The van der Waals surface area contributed by atoms with E-state index in [2.05, 4.69) is 16.0 Å². The van der Waals surface area contributed by atoms with E-state index in [1.807, 2.05) is 60.7 Å². The van der Waals surface area contributed by atoms with Crippen LogP contribution in [-0.2, 0) is 14.3 Å². The van der Waals surface area contributed by atoms with E-state index in [9.17, 15) is 14.4 Å². The van der Waals surface area contributed by atoms with Gasteiger partial charge in [0.15, 0.2) is 0 Å². The summed E-state index contributed by atoms with van der Waals surface area (Å²) >= 11 is 0. The van der Waals surface area contributed by atoms with Crippen LogP contribution in [0.4, 0.5) is 5.69 Å². The number of carbonyl (C=O) groups is 3. The molecule has 1 aliphatic heterocycles. The molecule has 0 bridgehead atoms. The predicted molar refractivity (Wildman–Crippen MR) is 139 cm³/mol. The van der Waals surface area contributed by atoms with Crippen LogP contribution in [0.1, 0.15) is 46.7 Å². The molecule has 0 aromatic heterocycles. The molecular weight excluding hydrogens is 454 g/mol. The van der Waals surface area contributed by atoms with Crippen molar-refractivity contribution in [3.05, 3.63) is 102 Å². The zero-order chi connectivity index (χ0) is 25.2. The van der Waals surface area contributed by atoms with Gasteiger partial charge < -0.3 is 20.7 Å². The summed E-state index contributed by atoms with van der Waals surface area (Å²) in [4.78, 5) is 37.2. The maximum absolute atomic E-state index is 12.9. The summed E-state index contributed by atoms with van der Waals surface area (Å²) in [6.07, 6.45) is 1.55. The van der Waals surface area contributed by atoms with E-state index < -0.39 is 0 Å². The fourth-order valence-corrected chi connectivity index (χ4v) is 4.26. The average molecular weight is 486 g/mol. The minimum Gasteiger partial charge on any atom is -0.368 e. The van der Waals surface area contributed by atoms with Gasteiger partial charge in [0, 0.05) is 43.3 Å². The number of ether oxygens (including phenoxy) is 1. The molecule has 3 N–H and O–H groups in total. The molecule has 3 amide bonds. The number of carbonyl (C=O) groups excluding carboxylic acids is 3. The Labute approximate surface area is 211 Å². The molecule has 7 nitrogen and oxygen atoms in total. The molecule has 3 aromatic rings. The molecule has 4 rings (SSSR count). The Kier molecular flexibility index (Phi) is 8.83. The van der Waals surface area contributed by atoms with Gasteiger partial charge in [-0.1, -0.05) is 60.7 Å². The number of hydrogen-bond donors (Lipinski definition) is 3. The molecule has 1 heterocycles. The Morgan fingerprint density at radius 3 is 2.00 bits per heavy atom. The Balaban J connectivity index is 1.27. The maximum Gasteiger partial charge on any atom is 0.251 e. The molecule has 1 aliphatic rings. The van der Waals surface area contributed by atoms with Crippen LogP contribution in [0.15, 0.2) is 84.9 Å². The van der Waals surface area contributed by atoms with Gasteiger partial charge in [0.2, 0.25) is 11.8 Å². The molecule has 1 saturated heterocycles. The fourth-order valence-electron chi connectivity index (χ4n) is 4.26. The summed E-state index contributed by atoms with van der Waals surface area (Å²) in [7, 11) is 0. The molecule has 186 valence electrons. The van der Waals surface area contributed by atoms with Crippen LogP contribution < -0.4 is 16.0 Å². The number of nitrogens with one attached hydrogen (secondary N) is 3. The van der Waals surface area contributed by atoms with Crippen LogP contribution in [0.5, 0.6) is 0 Å². The van der Waals surface area contributed by atoms with Crippen molar-refractivity contribution < 1.29 is 19.1 Å². The van der Waals surface area contributed by atoms with Gasteiger partial charge in [-0.15, -0.1) is 0 Å². The van der Waals surface area contributed by atoms with Crippen molar-refractivity contribution in [2.24, 2.45) is 0 Å². The van der Waals surface area contributed by atoms with Gasteiger partial charge >= 0.3 is 0 Å². The van der Waals surface area contributed by atoms with Crippen molar-refractivity contribution >= 4 is 23.4 Å². The quantitative estimate of drug-likeness (QED) is 0.380. The van der Waals surface area contributed by atoms with Crippen molar-refractivity contribution in [3.8, 4) is 0 Å². The number of hydrogen-bond acceptors (Lipinski definition) is 4. The van der Waals surface area contributed by atoms with Crippen molar-refractivity contribution in [2.75, 3.05) is 25.0 Å². The van der Waals surface area contributed by atoms with E-state index in [1.165, 1.54) is 0 Å². The van der Waals surface area contributed by atoms with E-state index >= 15 is 0 Å². The molecule has 3 aromatic carbocycles. The SMILES string of the molecule is O=C(CC(c1ccccc1)c1ccccc1)Nc1ccc(C(=O)NCCNC(=O)C2CCCO2)cc1. The summed E-state index contributed by atoms with van der Waals surface area (Å²) in [6, 6.07) is 26.7. The van der Waals surface area contributed by atoms with Gasteiger partial charge in [-0.2, -0.15) is 0 Å². The minimum absolute atomic E-state index is 0.0572. The normalized spacial score (nSPS) is 14.9. The third kappa shape index (κ3) is 7.02. The second kappa shape index (κ2) is 12.7. The zero-order valence-electron chi connectivity index (χ0n) is 20.1. The molecule has 1 fully saturated rings. The van der Waals surface area contributed by atoms with E-state index in [0.29, 0.717) is 37.4 Å². The lowest BCUT2D eigenvalue weighted by Crippen LogP contribution is -2.39. The van der Waals surface area contributed by atoms with E-state index in [1.54, 1.807) is 24.3 Å². The summed E-state index contributed by atoms with van der Waals surface area (Å²) < 4.78 is 5.34. The number of benzene rings is 3. The molecule has 7 heteroatoms. The Bertz CT molecular complexity index is 1100. The number of amides is 3. The molecule has 1 atom stereocenters. The van der Waals surface area contributed by atoms with Crippen molar-refractivity contribution in [1.82, 2.24) is 10.6 Å². The van der Waals surface area contributed by atoms with Gasteiger partial charge in [0.1, 0.15) is 6.10 Å². The molecule has 1 unspecified atom stereocenters. The lowest BCUT2D eigenvalue weighted by Gasteiger charge is -2.18. The Hall–Kier alpha value is -3.97. The topological polar surface area (TPSA) is 96.5 Å². The van der Waals surface area contributed by atoms with E-state index in [0.717, 1.165) is 24.0 Å². The Morgan fingerprint density at radius 2 is 1.42 bits per heavy atom. The molecule has 0 saturated carbocycles. The molecular formula is C29H31N3O4. The van der Waals surface area contributed by atoms with Crippen molar-refractivity contribution in [2.45, 2.75) is 31.3 Å². The predicted octanol–water partition coefficient (Wildman–Crippen LogP) is 3.87. The second-order valence-corrected chi connectivity index (χ2v) is 8.75. The Morgan fingerprint density at radius 1 is 0.806 bits per heavy atom. The monoisotopic (exact) mass is 485 g/mol. The summed E-state index contributed by atoms with van der Waals surface area (Å²) in [6.45, 7) is 1.27. The van der Waals surface area contributed by atoms with E-state index in [-0.39, 0.29) is 29.7 Å². The van der Waals surface area contributed by atoms with Crippen LogP contribution in [0, 0.1) is 0 Å². The average Bonchev–Trinajstić information content (AvgIpc) is 3.46. The third-order valence-electron chi connectivity index (χ3n) is 6.16. The maximum atomic E-state index is 12.9. The minimum atomic E-state index is -0.376. The molecule has 36 heavy (non-hydrogen) atoms. The zero-order valence-corrected chi connectivity index (χ0v) is 20.1. The van der Waals surface area contributed by atoms with Crippen molar-refractivity contribution in [3.63, 3.8) is 0 Å². The molecule has 0 aliphatic carbocycles. The summed E-state index contributed by atoms with van der Waals surface area (Å²) in [5.74, 6) is -0.541. The number of rotatable bonds is 10. The summed E-state index contributed by atoms with van der Waals surface area (Å²) in [5, 5.41) is 8.50. The standard InChI is InChI=1S/C29H31N3O4/c33-27(20-25(21-8-3-1-4-9-21)22-10-5-2-6-11-22)32-24-15-13-23(14-16-24)28(34)30-17-18-31-29(35)26-12-7-19-36-26/h1-6,8-11,13-16,25-26H,7,12,17-20H2,(H,30,34)(H,31,35)(H,32,33). The first kappa shape index (κ1) is 25.1. The van der Waals surface area contributed by atoms with Gasteiger partial charge in [-0.25, -0.2) is 0 Å². The second-order valence-electron chi connectivity index (χ2n) is 8.75. The lowest BCUT2D eigenvalue weighted by molar-refractivity contribution is -0.130. The molecule has 0 radical (unpaired) electrons. The lowest BCUT2D eigenvalue weighted by atomic mass is 9.88. The third-order valence-corrected chi connectivity index (χ3v) is 6.16. The highest BCUT2D eigenvalue weighted by atomic mass is 16.5. The van der Waals surface area contributed by atoms with Crippen molar-refractivity contribution in [1.29, 1.82) is 0 Å². The van der Waals surface area contributed by atoms with Gasteiger partial charge in [-0.3, -0.25) is 14.4 Å². The smallest absolute Gasteiger partial charge is 0.251 e. The van der Waals surface area contributed by atoms with Crippen LogP contribution in [-0.4, -0.2) is 43.5 Å². The molecule has 0 spiro atoms. The first-order valence-corrected chi connectivity index (χ1v) is 12.3. The first-order valence-electron chi connectivity index (χ1n) is 12.3. The van der Waals surface area contributed by atoms with E-state index in [4.69, 9.17) is 4.74 Å². The summed E-state index contributed by atoms with van der Waals surface area (Å²) in [5.41, 5.74) is 3.26. The van der Waals surface area contributed by atoms with Crippen LogP contribution in [0.25, 0.3) is 0 Å². The van der Waals surface area contributed by atoms with Crippen LogP contribution >= 0.6 is 0 Å². The highest BCUT2D eigenvalue weighted by Gasteiger charge is 2.23. The first-order chi connectivity index (χ1) is 17.6. The van der Waals surface area contributed by atoms with Crippen LogP contribution in [0.2, 0.25) is 0 Å². The van der Waals surface area contributed by atoms with Crippen LogP contribution in [0.3, 0.4) is 0 Å². The highest BCUT2D eigenvalue weighted by molar-refractivity contribution is 5.96. The largest absolute Gasteiger partial charge is 0.368 e. The van der Waals surface area contributed by atoms with Gasteiger partial charge in [0.25, 0.3) is 5.91 Å².